The lowest BCUT2D eigenvalue weighted by Gasteiger charge is -2.26. The number of aromatic nitrogens is 4. The molecule has 0 spiro atoms. The maximum absolute atomic E-state index is 12.8. The van der Waals surface area contributed by atoms with Crippen LogP contribution >= 0.6 is 0 Å². The first-order valence-corrected chi connectivity index (χ1v) is 11.9. The third-order valence-electron chi connectivity index (χ3n) is 5.24. The predicted molar refractivity (Wildman–Crippen MR) is 122 cm³/mol. The van der Waals surface area contributed by atoms with E-state index in [9.17, 15) is 13.2 Å². The van der Waals surface area contributed by atoms with Crippen LogP contribution in [0.5, 0.6) is 0 Å². The van der Waals surface area contributed by atoms with Gasteiger partial charge in [-0.25, -0.2) is 8.42 Å². The van der Waals surface area contributed by atoms with Gasteiger partial charge >= 0.3 is 0 Å². The zero-order valence-corrected chi connectivity index (χ0v) is 19.2. The molecule has 0 unspecified atom stereocenters. The molecule has 1 aromatic heterocycles. The molecule has 174 valence electrons. The van der Waals surface area contributed by atoms with Gasteiger partial charge in [0.25, 0.3) is 0 Å². The van der Waals surface area contributed by atoms with Gasteiger partial charge in [0.2, 0.25) is 15.9 Å². The van der Waals surface area contributed by atoms with Crippen LogP contribution in [-0.2, 0) is 19.6 Å². The summed E-state index contributed by atoms with van der Waals surface area (Å²) in [5, 5.41) is 17.4. The monoisotopic (exact) mass is 471 g/mol. The first-order chi connectivity index (χ1) is 15.8. The number of ether oxygens (including phenoxy) is 1. The zero-order valence-electron chi connectivity index (χ0n) is 18.4. The molecule has 1 aliphatic rings. The Labute approximate surface area is 191 Å². The number of hydrogen-bond acceptors (Lipinski definition) is 8. The Morgan fingerprint density at radius 3 is 2.61 bits per heavy atom. The van der Waals surface area contributed by atoms with Gasteiger partial charge in [-0.15, -0.1) is 5.10 Å². The molecule has 1 saturated heterocycles. The number of anilines is 2. The number of morpholine rings is 1. The summed E-state index contributed by atoms with van der Waals surface area (Å²) in [6.45, 7) is 5.12. The Morgan fingerprint density at radius 1 is 1.09 bits per heavy atom. The number of carbonyl (C=O) groups excluding carboxylic acids is 1. The molecule has 4 rings (SSSR count). The van der Waals surface area contributed by atoms with Crippen molar-refractivity contribution in [3.05, 3.63) is 53.9 Å². The van der Waals surface area contributed by atoms with Crippen LogP contribution in [0.15, 0.2) is 47.4 Å². The molecule has 0 atom stereocenters. The van der Waals surface area contributed by atoms with E-state index in [2.05, 4.69) is 26.2 Å². The lowest BCUT2D eigenvalue weighted by atomic mass is 10.2. The van der Waals surface area contributed by atoms with E-state index < -0.39 is 10.0 Å². The minimum Gasteiger partial charge on any atom is -0.379 e. The molecule has 33 heavy (non-hydrogen) atoms. The van der Waals surface area contributed by atoms with Crippen molar-refractivity contribution >= 4 is 27.3 Å². The molecule has 0 aliphatic carbocycles. The molecule has 12 heteroatoms. The number of tetrazole rings is 1. The highest BCUT2D eigenvalue weighted by Gasteiger charge is 2.26. The van der Waals surface area contributed by atoms with Crippen molar-refractivity contribution in [1.82, 2.24) is 24.5 Å². The SMILES string of the molecule is Cc1ccc(NCC(=O)Nc2cccc(S(=O)(=O)N3CCOCC3)c2)cc1-n1nnnc1C. The van der Waals surface area contributed by atoms with Gasteiger partial charge in [0.1, 0.15) is 0 Å². The molecule has 1 aliphatic heterocycles. The molecule has 11 nitrogen and oxygen atoms in total. The normalized spacial score (nSPS) is 14.7. The second kappa shape index (κ2) is 9.65. The van der Waals surface area contributed by atoms with Crippen molar-refractivity contribution in [3.63, 3.8) is 0 Å². The van der Waals surface area contributed by atoms with Crippen LogP contribution < -0.4 is 10.6 Å². The fourth-order valence-corrected chi connectivity index (χ4v) is 4.91. The van der Waals surface area contributed by atoms with E-state index in [0.29, 0.717) is 37.8 Å². The van der Waals surface area contributed by atoms with E-state index in [4.69, 9.17) is 4.74 Å². The van der Waals surface area contributed by atoms with Crippen molar-refractivity contribution in [2.45, 2.75) is 18.7 Å². The van der Waals surface area contributed by atoms with Crippen LogP contribution in [0.1, 0.15) is 11.4 Å². The van der Waals surface area contributed by atoms with E-state index in [1.807, 2.05) is 25.1 Å². The highest BCUT2D eigenvalue weighted by molar-refractivity contribution is 7.89. The maximum Gasteiger partial charge on any atom is 0.243 e. The van der Waals surface area contributed by atoms with E-state index in [1.165, 1.54) is 16.4 Å². The third kappa shape index (κ3) is 5.18. The van der Waals surface area contributed by atoms with Gasteiger partial charge in [-0.3, -0.25) is 4.79 Å². The molecule has 0 saturated carbocycles. The summed E-state index contributed by atoms with van der Waals surface area (Å²) in [5.41, 5.74) is 2.93. The summed E-state index contributed by atoms with van der Waals surface area (Å²) in [7, 11) is -3.64. The summed E-state index contributed by atoms with van der Waals surface area (Å²) in [5.74, 6) is 0.344. The summed E-state index contributed by atoms with van der Waals surface area (Å²) in [6.07, 6.45) is 0. The minimum atomic E-state index is -3.64. The summed E-state index contributed by atoms with van der Waals surface area (Å²) in [4.78, 5) is 12.6. The van der Waals surface area contributed by atoms with Gasteiger partial charge < -0.3 is 15.4 Å². The van der Waals surface area contributed by atoms with Crippen LogP contribution in [0.2, 0.25) is 0 Å². The van der Waals surface area contributed by atoms with Gasteiger partial charge in [0.05, 0.1) is 30.3 Å². The standard InChI is InChI=1S/C21H25N7O4S/c1-15-6-7-17(13-20(15)28-16(2)24-25-26-28)22-14-21(29)23-18-4-3-5-19(12-18)33(30,31)27-8-10-32-11-9-27/h3-7,12-13,22H,8-11,14H2,1-2H3,(H,23,29). The molecular formula is C21H25N7O4S. The largest absolute Gasteiger partial charge is 0.379 e. The third-order valence-corrected chi connectivity index (χ3v) is 7.14. The first kappa shape index (κ1) is 22.8. The fraction of sp³-hybridized carbons (Fsp3) is 0.333. The number of rotatable bonds is 7. The average Bonchev–Trinajstić information content (AvgIpc) is 3.25. The second-order valence-corrected chi connectivity index (χ2v) is 9.52. The lowest BCUT2D eigenvalue weighted by molar-refractivity contribution is -0.114. The molecule has 2 aromatic carbocycles. The van der Waals surface area contributed by atoms with Crippen LogP contribution in [0.3, 0.4) is 0 Å². The number of nitrogens with zero attached hydrogens (tertiary/aromatic N) is 5. The Morgan fingerprint density at radius 2 is 1.88 bits per heavy atom. The fourth-order valence-electron chi connectivity index (χ4n) is 3.46. The van der Waals surface area contributed by atoms with Crippen molar-refractivity contribution in [1.29, 1.82) is 0 Å². The molecule has 1 amide bonds. The number of aryl methyl sites for hydroxylation is 2. The topological polar surface area (TPSA) is 131 Å². The molecule has 0 bridgehead atoms. The number of benzene rings is 2. The van der Waals surface area contributed by atoms with Crippen molar-refractivity contribution in [3.8, 4) is 5.69 Å². The van der Waals surface area contributed by atoms with Crippen LogP contribution in [0.25, 0.3) is 5.69 Å². The summed E-state index contributed by atoms with van der Waals surface area (Å²) in [6, 6.07) is 11.9. The Kier molecular flexibility index (Phi) is 6.67. The zero-order chi connectivity index (χ0) is 23.4. The van der Waals surface area contributed by atoms with Crippen molar-refractivity contribution in [2.24, 2.45) is 0 Å². The smallest absolute Gasteiger partial charge is 0.243 e. The Bertz CT molecular complexity index is 1250. The number of amides is 1. The number of nitrogens with one attached hydrogen (secondary N) is 2. The average molecular weight is 472 g/mol. The van der Waals surface area contributed by atoms with E-state index >= 15 is 0 Å². The molecule has 0 radical (unpaired) electrons. The molecule has 2 N–H and O–H groups in total. The van der Waals surface area contributed by atoms with Crippen LogP contribution in [-0.4, -0.2) is 71.7 Å². The summed E-state index contributed by atoms with van der Waals surface area (Å²) >= 11 is 0. The van der Waals surface area contributed by atoms with Crippen molar-refractivity contribution in [2.75, 3.05) is 43.5 Å². The van der Waals surface area contributed by atoms with Crippen molar-refractivity contribution < 1.29 is 17.9 Å². The van der Waals surface area contributed by atoms with Gasteiger partial charge in [-0.2, -0.15) is 8.99 Å². The molecular weight excluding hydrogens is 446 g/mol. The quantitative estimate of drug-likeness (QED) is 0.528. The Balaban J connectivity index is 1.41. The first-order valence-electron chi connectivity index (χ1n) is 10.4. The molecule has 1 fully saturated rings. The second-order valence-electron chi connectivity index (χ2n) is 7.59. The highest BCUT2D eigenvalue weighted by Crippen LogP contribution is 2.21. The van der Waals surface area contributed by atoms with E-state index in [-0.39, 0.29) is 17.3 Å². The minimum absolute atomic E-state index is 0.00245. The van der Waals surface area contributed by atoms with Gasteiger partial charge in [0, 0.05) is 24.5 Å². The van der Waals surface area contributed by atoms with Gasteiger partial charge in [-0.05, 0) is 60.2 Å². The number of hydrogen-bond donors (Lipinski definition) is 2. The molecule has 3 aromatic rings. The predicted octanol–water partition coefficient (Wildman–Crippen LogP) is 1.35. The lowest BCUT2D eigenvalue weighted by Crippen LogP contribution is -2.40. The number of sulfonamides is 1. The van der Waals surface area contributed by atoms with E-state index in [1.54, 1.807) is 23.7 Å². The van der Waals surface area contributed by atoms with Crippen LogP contribution in [0, 0.1) is 13.8 Å². The van der Waals surface area contributed by atoms with Gasteiger partial charge in [-0.1, -0.05) is 12.1 Å². The van der Waals surface area contributed by atoms with E-state index in [0.717, 1.165) is 16.9 Å². The van der Waals surface area contributed by atoms with Gasteiger partial charge in [0.15, 0.2) is 5.82 Å². The Hall–Kier alpha value is -3.35. The molecule has 2 heterocycles. The number of carbonyl (C=O) groups is 1. The van der Waals surface area contributed by atoms with Crippen LogP contribution in [0.4, 0.5) is 11.4 Å². The highest BCUT2D eigenvalue weighted by atomic mass is 32.2. The maximum atomic E-state index is 12.8. The summed E-state index contributed by atoms with van der Waals surface area (Å²) < 4.78 is 33.9.